The number of rotatable bonds is 7. The quantitative estimate of drug-likeness (QED) is 0.414. The van der Waals surface area contributed by atoms with Crippen LogP contribution in [0.4, 0.5) is 23.5 Å². The van der Waals surface area contributed by atoms with Crippen molar-refractivity contribution in [2.45, 2.75) is 38.8 Å². The summed E-state index contributed by atoms with van der Waals surface area (Å²) in [6, 6.07) is 4.60. The maximum atomic E-state index is 14.4. The average molecular weight is 491 g/mol. The van der Waals surface area contributed by atoms with Gasteiger partial charge in [0.15, 0.2) is 0 Å². The van der Waals surface area contributed by atoms with Crippen molar-refractivity contribution in [2.24, 2.45) is 17.8 Å². The summed E-state index contributed by atoms with van der Waals surface area (Å²) in [4.78, 5) is 9.77. The zero-order valence-electron chi connectivity index (χ0n) is 19.1. The zero-order chi connectivity index (χ0) is 24.6. The molecule has 11 heteroatoms. The monoisotopic (exact) mass is 491 g/mol. The Morgan fingerprint density at radius 3 is 2.49 bits per heavy atom. The molecular weight excluding hydrogens is 466 g/mol. The molecule has 3 heterocycles. The van der Waals surface area contributed by atoms with E-state index < -0.39 is 17.6 Å². The fourth-order valence-electron chi connectivity index (χ4n) is 4.83. The van der Waals surface area contributed by atoms with Crippen LogP contribution in [0.1, 0.15) is 37.1 Å². The Labute approximate surface area is 199 Å². The number of aromatic nitrogens is 4. The predicted molar refractivity (Wildman–Crippen MR) is 118 cm³/mol. The zero-order valence-corrected chi connectivity index (χ0v) is 19.1. The minimum atomic E-state index is -4.43. The number of alkyl halides is 3. The predicted octanol–water partition coefficient (Wildman–Crippen LogP) is 5.31. The molecule has 186 valence electrons. The lowest BCUT2D eigenvalue weighted by atomic mass is 9.90. The molecule has 1 saturated carbocycles. The van der Waals surface area contributed by atoms with Crippen LogP contribution in [0.15, 0.2) is 35.0 Å². The summed E-state index contributed by atoms with van der Waals surface area (Å²) in [6.45, 7) is 3.63. The van der Waals surface area contributed by atoms with Crippen LogP contribution in [-0.4, -0.2) is 39.9 Å². The molecule has 3 aromatic rings. The lowest BCUT2D eigenvalue weighted by Gasteiger charge is -2.32. The molecule has 7 nitrogen and oxygen atoms in total. The van der Waals surface area contributed by atoms with Crippen molar-refractivity contribution >= 4 is 5.95 Å². The molecule has 0 radical (unpaired) electrons. The lowest BCUT2D eigenvalue weighted by molar-refractivity contribution is -0.138. The molecule has 1 saturated heterocycles. The molecule has 0 spiro atoms. The van der Waals surface area contributed by atoms with E-state index in [2.05, 4.69) is 20.2 Å². The first-order chi connectivity index (χ1) is 16.8. The highest BCUT2D eigenvalue weighted by molar-refractivity contribution is 5.55. The number of ether oxygens (including phenoxy) is 1. The van der Waals surface area contributed by atoms with E-state index in [1.54, 1.807) is 19.1 Å². The molecule has 2 fully saturated rings. The van der Waals surface area contributed by atoms with Crippen molar-refractivity contribution in [3.63, 3.8) is 0 Å². The SMILES string of the molecule is Cc1nnc(-c2ccc(OCC[C@H]3C[C@@H]3C3CCN(c4ncc(C(F)(F)F)cn4)CC3)cc2F)o1. The van der Waals surface area contributed by atoms with Gasteiger partial charge in [0, 0.05) is 38.5 Å². The highest BCUT2D eigenvalue weighted by atomic mass is 19.4. The van der Waals surface area contributed by atoms with Gasteiger partial charge in [-0.25, -0.2) is 14.4 Å². The fourth-order valence-corrected chi connectivity index (χ4v) is 4.83. The second kappa shape index (κ2) is 9.43. The number of benzene rings is 1. The van der Waals surface area contributed by atoms with E-state index in [0.29, 0.717) is 41.9 Å². The molecule has 2 atom stereocenters. The first kappa shape index (κ1) is 23.5. The van der Waals surface area contributed by atoms with E-state index in [-0.39, 0.29) is 11.5 Å². The van der Waals surface area contributed by atoms with Gasteiger partial charge in [-0.1, -0.05) is 0 Å². The van der Waals surface area contributed by atoms with Crippen LogP contribution in [0, 0.1) is 30.5 Å². The molecule has 2 aromatic heterocycles. The van der Waals surface area contributed by atoms with Crippen LogP contribution >= 0.6 is 0 Å². The van der Waals surface area contributed by atoms with Crippen molar-refractivity contribution in [3.8, 4) is 17.2 Å². The topological polar surface area (TPSA) is 77.2 Å². The molecule has 5 rings (SSSR count). The molecule has 0 bridgehead atoms. The number of aryl methyl sites for hydroxylation is 1. The standard InChI is InChI=1S/C24H25F4N5O2/c1-14-31-32-22(35-14)19-3-2-18(11-21(19)25)34-9-6-16-10-20(16)15-4-7-33(8-5-15)23-29-12-17(13-30-23)24(26,27)28/h2-3,11-13,15-16,20H,4-10H2,1H3/t16-,20+/m0/s1. The van der Waals surface area contributed by atoms with Gasteiger partial charge < -0.3 is 14.1 Å². The van der Waals surface area contributed by atoms with Crippen molar-refractivity contribution in [1.82, 2.24) is 20.2 Å². The van der Waals surface area contributed by atoms with E-state index in [0.717, 1.165) is 51.2 Å². The van der Waals surface area contributed by atoms with Crippen molar-refractivity contribution < 1.29 is 26.7 Å². The van der Waals surface area contributed by atoms with E-state index in [4.69, 9.17) is 9.15 Å². The highest BCUT2D eigenvalue weighted by Crippen LogP contribution is 2.50. The molecule has 1 aromatic carbocycles. The molecule has 35 heavy (non-hydrogen) atoms. The van der Waals surface area contributed by atoms with Gasteiger partial charge in [-0.2, -0.15) is 13.2 Å². The summed E-state index contributed by atoms with van der Waals surface area (Å²) in [5.74, 6) is 2.66. The maximum Gasteiger partial charge on any atom is 0.419 e. The smallest absolute Gasteiger partial charge is 0.419 e. The minimum Gasteiger partial charge on any atom is -0.493 e. The Bertz CT molecular complexity index is 1160. The van der Waals surface area contributed by atoms with Crippen molar-refractivity contribution in [1.29, 1.82) is 0 Å². The van der Waals surface area contributed by atoms with E-state index >= 15 is 0 Å². The largest absolute Gasteiger partial charge is 0.493 e. The summed E-state index contributed by atoms with van der Waals surface area (Å²) in [5.41, 5.74) is -0.590. The van der Waals surface area contributed by atoms with Crippen LogP contribution < -0.4 is 9.64 Å². The van der Waals surface area contributed by atoms with Gasteiger partial charge in [-0.05, 0) is 55.6 Å². The number of nitrogens with zero attached hydrogens (tertiary/aromatic N) is 5. The van der Waals surface area contributed by atoms with Crippen molar-refractivity contribution in [3.05, 3.63) is 47.9 Å². The summed E-state index contributed by atoms with van der Waals surface area (Å²) in [5, 5.41) is 7.56. The Morgan fingerprint density at radius 2 is 1.86 bits per heavy atom. The number of hydrogen-bond donors (Lipinski definition) is 0. The van der Waals surface area contributed by atoms with E-state index in [1.807, 2.05) is 4.90 Å². The third-order valence-electron chi connectivity index (χ3n) is 6.83. The Balaban J connectivity index is 1.05. The summed E-state index contributed by atoms with van der Waals surface area (Å²) in [6.07, 6.45) is 1.24. The normalized spacial score (nSPS) is 20.8. The second-order valence-corrected chi connectivity index (χ2v) is 9.16. The minimum absolute atomic E-state index is 0.142. The van der Waals surface area contributed by atoms with Gasteiger partial charge >= 0.3 is 6.18 Å². The highest BCUT2D eigenvalue weighted by Gasteiger charge is 2.43. The Hall–Kier alpha value is -3.24. The summed E-state index contributed by atoms with van der Waals surface area (Å²) < 4.78 is 63.6. The third-order valence-corrected chi connectivity index (χ3v) is 6.83. The Morgan fingerprint density at radius 1 is 1.11 bits per heavy atom. The molecule has 0 amide bonds. The first-order valence-electron chi connectivity index (χ1n) is 11.6. The molecule has 0 N–H and O–H groups in total. The number of piperidine rings is 1. The van der Waals surface area contributed by atoms with Gasteiger partial charge in [-0.15, -0.1) is 10.2 Å². The molecule has 0 unspecified atom stereocenters. The average Bonchev–Trinajstić information content (AvgIpc) is 3.48. The van der Waals surface area contributed by atoms with Gasteiger partial charge in [0.2, 0.25) is 11.8 Å². The van der Waals surface area contributed by atoms with Gasteiger partial charge in [0.1, 0.15) is 11.6 Å². The van der Waals surface area contributed by atoms with Crippen molar-refractivity contribution in [2.75, 3.05) is 24.6 Å². The van der Waals surface area contributed by atoms with E-state index in [1.165, 1.54) is 6.07 Å². The molecule has 1 aliphatic carbocycles. The Kier molecular flexibility index (Phi) is 6.33. The number of halogens is 4. The maximum absolute atomic E-state index is 14.4. The first-order valence-corrected chi connectivity index (χ1v) is 11.6. The number of anilines is 1. The van der Waals surface area contributed by atoms with Gasteiger partial charge in [0.05, 0.1) is 17.7 Å². The fraction of sp³-hybridized carbons (Fsp3) is 0.500. The molecule has 2 aliphatic rings. The van der Waals surface area contributed by atoms with Crippen LogP contribution in [-0.2, 0) is 6.18 Å². The van der Waals surface area contributed by atoms with Crippen LogP contribution in [0.5, 0.6) is 5.75 Å². The van der Waals surface area contributed by atoms with E-state index in [9.17, 15) is 17.6 Å². The second-order valence-electron chi connectivity index (χ2n) is 9.16. The molecular formula is C24H25F4N5O2. The third kappa shape index (κ3) is 5.38. The lowest BCUT2D eigenvalue weighted by Crippen LogP contribution is -2.35. The summed E-state index contributed by atoms with van der Waals surface area (Å²) in [7, 11) is 0. The van der Waals surface area contributed by atoms with Gasteiger partial charge in [0.25, 0.3) is 5.89 Å². The van der Waals surface area contributed by atoms with Gasteiger partial charge in [-0.3, -0.25) is 0 Å². The number of hydrogen-bond acceptors (Lipinski definition) is 7. The summed E-state index contributed by atoms with van der Waals surface area (Å²) >= 11 is 0. The van der Waals surface area contributed by atoms with Crippen LogP contribution in [0.2, 0.25) is 0 Å². The molecule has 1 aliphatic heterocycles. The van der Waals surface area contributed by atoms with Crippen LogP contribution in [0.3, 0.4) is 0 Å². The van der Waals surface area contributed by atoms with Crippen LogP contribution in [0.25, 0.3) is 11.5 Å².